The zero-order valence-corrected chi connectivity index (χ0v) is 14.8. The van der Waals surface area contributed by atoms with Gasteiger partial charge in [-0.2, -0.15) is 0 Å². The lowest BCUT2D eigenvalue weighted by Crippen LogP contribution is -2.23. The zero-order valence-electron chi connectivity index (χ0n) is 14.8. The van der Waals surface area contributed by atoms with Crippen molar-refractivity contribution in [2.75, 3.05) is 7.05 Å². The molecule has 1 aromatic heterocycles. The fraction of sp³-hybridized carbons (Fsp3) is 0.0952. The summed E-state index contributed by atoms with van der Waals surface area (Å²) >= 11 is 0. The molecule has 0 unspecified atom stereocenters. The SMILES string of the molecule is CNC(=O)c1ccc(CNC(=O)c2ccc(Oc3ccccc3)nc2)cc1. The third-order valence-electron chi connectivity index (χ3n) is 3.86. The van der Waals surface area contributed by atoms with Crippen LogP contribution in [0.15, 0.2) is 72.9 Å². The van der Waals surface area contributed by atoms with Gasteiger partial charge >= 0.3 is 0 Å². The van der Waals surface area contributed by atoms with E-state index in [1.807, 2.05) is 30.3 Å². The molecule has 136 valence electrons. The Morgan fingerprint density at radius 3 is 2.22 bits per heavy atom. The number of hydrogen-bond acceptors (Lipinski definition) is 4. The molecule has 0 bridgehead atoms. The molecule has 0 radical (unpaired) electrons. The van der Waals surface area contributed by atoms with Crippen LogP contribution in [0.5, 0.6) is 11.6 Å². The van der Waals surface area contributed by atoms with Crippen LogP contribution in [0.1, 0.15) is 26.3 Å². The van der Waals surface area contributed by atoms with Crippen molar-refractivity contribution in [3.63, 3.8) is 0 Å². The lowest BCUT2D eigenvalue weighted by atomic mass is 10.1. The van der Waals surface area contributed by atoms with Crippen molar-refractivity contribution < 1.29 is 14.3 Å². The molecule has 0 spiro atoms. The van der Waals surface area contributed by atoms with E-state index in [0.29, 0.717) is 29.3 Å². The molecular weight excluding hydrogens is 342 g/mol. The minimum atomic E-state index is -0.232. The Morgan fingerprint density at radius 1 is 0.889 bits per heavy atom. The number of amides is 2. The minimum absolute atomic E-state index is 0.144. The summed E-state index contributed by atoms with van der Waals surface area (Å²) in [6.45, 7) is 0.356. The van der Waals surface area contributed by atoms with E-state index in [4.69, 9.17) is 4.74 Å². The number of carbonyl (C=O) groups is 2. The molecule has 6 heteroatoms. The van der Waals surface area contributed by atoms with Crippen LogP contribution in [0.3, 0.4) is 0 Å². The summed E-state index contributed by atoms with van der Waals surface area (Å²) in [4.78, 5) is 27.9. The fourth-order valence-corrected chi connectivity index (χ4v) is 2.39. The van der Waals surface area contributed by atoms with Gasteiger partial charge in [0.25, 0.3) is 11.8 Å². The van der Waals surface area contributed by atoms with Gasteiger partial charge in [-0.3, -0.25) is 9.59 Å². The third-order valence-corrected chi connectivity index (χ3v) is 3.86. The number of rotatable bonds is 6. The molecule has 0 aliphatic heterocycles. The quantitative estimate of drug-likeness (QED) is 0.707. The topological polar surface area (TPSA) is 80.3 Å². The van der Waals surface area contributed by atoms with E-state index < -0.39 is 0 Å². The van der Waals surface area contributed by atoms with Crippen molar-refractivity contribution in [2.24, 2.45) is 0 Å². The average molecular weight is 361 g/mol. The number of nitrogens with one attached hydrogen (secondary N) is 2. The van der Waals surface area contributed by atoms with E-state index in [2.05, 4.69) is 15.6 Å². The molecule has 6 nitrogen and oxygen atoms in total. The maximum atomic E-state index is 12.3. The van der Waals surface area contributed by atoms with Gasteiger partial charge in [-0.15, -0.1) is 0 Å². The molecule has 3 aromatic rings. The minimum Gasteiger partial charge on any atom is -0.439 e. The van der Waals surface area contributed by atoms with Crippen LogP contribution < -0.4 is 15.4 Å². The predicted molar refractivity (Wildman–Crippen MR) is 102 cm³/mol. The first kappa shape index (κ1) is 18.1. The van der Waals surface area contributed by atoms with E-state index in [9.17, 15) is 9.59 Å². The molecule has 27 heavy (non-hydrogen) atoms. The summed E-state index contributed by atoms with van der Waals surface area (Å²) in [5, 5.41) is 5.39. The first-order chi connectivity index (χ1) is 13.2. The first-order valence-corrected chi connectivity index (χ1v) is 8.44. The molecule has 3 rings (SSSR count). The van der Waals surface area contributed by atoms with Crippen LogP contribution in [0, 0.1) is 0 Å². The highest BCUT2D eigenvalue weighted by atomic mass is 16.5. The Bertz CT molecular complexity index is 908. The second-order valence-electron chi connectivity index (χ2n) is 5.76. The van der Waals surface area contributed by atoms with Gasteiger partial charge in [-0.05, 0) is 35.9 Å². The summed E-state index contributed by atoms with van der Waals surface area (Å²) in [7, 11) is 1.58. The van der Waals surface area contributed by atoms with Gasteiger partial charge in [0.1, 0.15) is 5.75 Å². The number of aromatic nitrogens is 1. The van der Waals surface area contributed by atoms with Gasteiger partial charge in [0.15, 0.2) is 0 Å². The molecule has 0 saturated heterocycles. The largest absolute Gasteiger partial charge is 0.439 e. The second-order valence-corrected chi connectivity index (χ2v) is 5.76. The number of ether oxygens (including phenoxy) is 1. The Balaban J connectivity index is 1.55. The summed E-state index contributed by atoms with van der Waals surface area (Å²) in [5.74, 6) is 0.726. The summed E-state index contributed by atoms with van der Waals surface area (Å²) in [6.07, 6.45) is 1.47. The maximum absolute atomic E-state index is 12.3. The van der Waals surface area contributed by atoms with Crippen LogP contribution >= 0.6 is 0 Å². The van der Waals surface area contributed by atoms with Gasteiger partial charge < -0.3 is 15.4 Å². The second kappa shape index (κ2) is 8.62. The van der Waals surface area contributed by atoms with E-state index in [0.717, 1.165) is 5.56 Å². The Hall–Kier alpha value is -3.67. The van der Waals surface area contributed by atoms with E-state index in [1.165, 1.54) is 6.20 Å². The van der Waals surface area contributed by atoms with E-state index in [-0.39, 0.29) is 11.8 Å². The highest BCUT2D eigenvalue weighted by Crippen LogP contribution is 2.18. The molecule has 0 aliphatic rings. The fourth-order valence-electron chi connectivity index (χ4n) is 2.39. The molecule has 0 atom stereocenters. The molecule has 2 N–H and O–H groups in total. The Kier molecular flexibility index (Phi) is 5.79. The van der Waals surface area contributed by atoms with Gasteiger partial charge in [-0.1, -0.05) is 30.3 Å². The first-order valence-electron chi connectivity index (χ1n) is 8.44. The number of hydrogen-bond donors (Lipinski definition) is 2. The molecule has 2 aromatic carbocycles. The summed E-state index contributed by atoms with van der Waals surface area (Å²) < 4.78 is 5.61. The molecular formula is C21H19N3O3. The van der Waals surface area contributed by atoms with Crippen LogP contribution in [-0.4, -0.2) is 23.8 Å². The van der Waals surface area contributed by atoms with Gasteiger partial charge in [-0.25, -0.2) is 4.98 Å². The standard InChI is InChI=1S/C21H19N3O3/c1-22-20(25)16-9-7-15(8-10-16)13-24-21(26)17-11-12-19(23-14-17)27-18-5-3-2-4-6-18/h2-12,14H,13H2,1H3,(H,22,25)(H,24,26). The maximum Gasteiger partial charge on any atom is 0.253 e. The predicted octanol–water partition coefficient (Wildman–Crippen LogP) is 3.16. The van der Waals surface area contributed by atoms with Crippen LogP contribution in [0.25, 0.3) is 0 Å². The number of benzene rings is 2. The lowest BCUT2D eigenvalue weighted by molar-refractivity contribution is 0.0945. The van der Waals surface area contributed by atoms with E-state index in [1.54, 1.807) is 43.4 Å². The summed E-state index contributed by atoms with van der Waals surface area (Å²) in [5.41, 5.74) is 1.91. The van der Waals surface area contributed by atoms with Crippen LogP contribution in [-0.2, 0) is 6.54 Å². The van der Waals surface area contributed by atoms with Crippen molar-refractivity contribution in [3.8, 4) is 11.6 Å². The van der Waals surface area contributed by atoms with Crippen molar-refractivity contribution in [3.05, 3.63) is 89.6 Å². The number of nitrogens with zero attached hydrogens (tertiary/aromatic N) is 1. The number of carbonyl (C=O) groups excluding carboxylic acids is 2. The van der Waals surface area contributed by atoms with Gasteiger partial charge in [0.2, 0.25) is 5.88 Å². The van der Waals surface area contributed by atoms with Gasteiger partial charge in [0, 0.05) is 31.4 Å². The number of pyridine rings is 1. The number of para-hydroxylation sites is 1. The van der Waals surface area contributed by atoms with Crippen molar-refractivity contribution in [2.45, 2.75) is 6.54 Å². The monoisotopic (exact) mass is 361 g/mol. The molecule has 0 saturated carbocycles. The van der Waals surface area contributed by atoms with Crippen LogP contribution in [0.2, 0.25) is 0 Å². The molecule has 0 fully saturated rings. The smallest absolute Gasteiger partial charge is 0.253 e. The van der Waals surface area contributed by atoms with Crippen LogP contribution in [0.4, 0.5) is 0 Å². The molecule has 2 amide bonds. The average Bonchev–Trinajstić information content (AvgIpc) is 2.73. The van der Waals surface area contributed by atoms with Crippen molar-refractivity contribution >= 4 is 11.8 Å². The van der Waals surface area contributed by atoms with Crippen molar-refractivity contribution in [1.29, 1.82) is 0 Å². The van der Waals surface area contributed by atoms with Crippen molar-refractivity contribution in [1.82, 2.24) is 15.6 Å². The summed E-state index contributed by atoms with van der Waals surface area (Å²) in [6, 6.07) is 19.7. The Labute approximate surface area is 157 Å². The third kappa shape index (κ3) is 4.92. The highest BCUT2D eigenvalue weighted by Gasteiger charge is 2.08. The molecule has 0 aliphatic carbocycles. The van der Waals surface area contributed by atoms with Gasteiger partial charge in [0.05, 0.1) is 5.56 Å². The lowest BCUT2D eigenvalue weighted by Gasteiger charge is -2.07. The highest BCUT2D eigenvalue weighted by molar-refractivity contribution is 5.94. The Morgan fingerprint density at radius 2 is 1.59 bits per heavy atom. The normalized spacial score (nSPS) is 10.1. The molecule has 1 heterocycles. The zero-order chi connectivity index (χ0) is 19.1. The van der Waals surface area contributed by atoms with E-state index >= 15 is 0 Å².